The highest BCUT2D eigenvalue weighted by molar-refractivity contribution is 6.23. The van der Waals surface area contributed by atoms with Gasteiger partial charge in [-0.05, 0) is 51.2 Å². The van der Waals surface area contributed by atoms with Crippen LogP contribution in [0, 0.1) is 0 Å². The summed E-state index contributed by atoms with van der Waals surface area (Å²) in [6.07, 6.45) is 1.70. The lowest BCUT2D eigenvalue weighted by Crippen LogP contribution is -1.95. The van der Waals surface area contributed by atoms with Crippen molar-refractivity contribution >= 4 is 43.5 Å². The van der Waals surface area contributed by atoms with E-state index in [1.54, 1.807) is 6.33 Å². The van der Waals surface area contributed by atoms with Crippen molar-refractivity contribution in [3.05, 3.63) is 84.7 Å². The summed E-state index contributed by atoms with van der Waals surface area (Å²) in [5.41, 5.74) is 5.65. The smallest absolute Gasteiger partial charge is 0.144 e. The lowest BCUT2D eigenvalue weighted by molar-refractivity contribution is 0.876. The molecule has 0 saturated heterocycles. The Morgan fingerprint density at radius 1 is 0.742 bits per heavy atom. The van der Waals surface area contributed by atoms with Gasteiger partial charge < -0.3 is 4.57 Å². The maximum Gasteiger partial charge on any atom is 0.144 e. The fraction of sp³-hybridized carbons (Fsp3) is 0.143. The van der Waals surface area contributed by atoms with Crippen LogP contribution in [0.5, 0.6) is 0 Å². The minimum Gasteiger partial charge on any atom is -0.328 e. The molecule has 0 bridgehead atoms. The molecule has 0 fully saturated rings. The number of hydrogen-bond acceptors (Lipinski definition) is 2. The summed E-state index contributed by atoms with van der Waals surface area (Å²) >= 11 is 0. The zero-order valence-corrected chi connectivity index (χ0v) is 17.9. The third-order valence-electron chi connectivity index (χ3n) is 6.45. The van der Waals surface area contributed by atoms with Crippen LogP contribution >= 0.6 is 0 Å². The minimum atomic E-state index is 0.426. The van der Waals surface area contributed by atoms with E-state index in [1.807, 2.05) is 0 Å². The SMILES string of the molecule is CC(C)c1cc(-c2ncnc3c2c2c4ccccc4ccc2n3C)cc2ccccc12. The van der Waals surface area contributed by atoms with E-state index in [-0.39, 0.29) is 0 Å². The summed E-state index contributed by atoms with van der Waals surface area (Å²) in [6.45, 7) is 4.51. The van der Waals surface area contributed by atoms with Crippen LogP contribution in [-0.2, 0) is 7.05 Å². The Kier molecular flexibility index (Phi) is 3.87. The van der Waals surface area contributed by atoms with Crippen molar-refractivity contribution in [2.45, 2.75) is 19.8 Å². The number of aryl methyl sites for hydroxylation is 1. The molecule has 0 amide bonds. The molecule has 0 aliphatic heterocycles. The Morgan fingerprint density at radius 3 is 2.29 bits per heavy atom. The second kappa shape index (κ2) is 6.64. The average molecular weight is 402 g/mol. The van der Waals surface area contributed by atoms with E-state index in [0.29, 0.717) is 5.92 Å². The highest BCUT2D eigenvalue weighted by Crippen LogP contribution is 2.39. The molecule has 0 spiro atoms. The van der Waals surface area contributed by atoms with E-state index in [9.17, 15) is 0 Å². The molecule has 3 nitrogen and oxygen atoms in total. The molecule has 3 heteroatoms. The van der Waals surface area contributed by atoms with Crippen molar-refractivity contribution in [2.75, 3.05) is 0 Å². The fourth-order valence-electron chi connectivity index (χ4n) is 4.95. The van der Waals surface area contributed by atoms with Gasteiger partial charge in [-0.3, -0.25) is 0 Å². The number of aromatic nitrogens is 3. The van der Waals surface area contributed by atoms with E-state index >= 15 is 0 Å². The second-order valence-corrected chi connectivity index (χ2v) is 8.60. The third-order valence-corrected chi connectivity index (χ3v) is 6.45. The molecule has 0 saturated carbocycles. The second-order valence-electron chi connectivity index (χ2n) is 8.60. The lowest BCUT2D eigenvalue weighted by atomic mass is 9.92. The zero-order valence-electron chi connectivity index (χ0n) is 17.9. The Labute approximate surface area is 181 Å². The van der Waals surface area contributed by atoms with Gasteiger partial charge in [0, 0.05) is 18.0 Å². The predicted molar refractivity (Wildman–Crippen MR) is 131 cm³/mol. The van der Waals surface area contributed by atoms with Crippen LogP contribution in [0.4, 0.5) is 0 Å². The summed E-state index contributed by atoms with van der Waals surface area (Å²) < 4.78 is 2.19. The predicted octanol–water partition coefficient (Wildman–Crippen LogP) is 7.22. The normalized spacial score (nSPS) is 12.0. The molecule has 0 N–H and O–H groups in total. The topological polar surface area (TPSA) is 30.7 Å². The van der Waals surface area contributed by atoms with Crippen LogP contribution in [0.25, 0.3) is 54.7 Å². The summed E-state index contributed by atoms with van der Waals surface area (Å²) in [7, 11) is 2.09. The van der Waals surface area contributed by atoms with E-state index in [2.05, 4.69) is 103 Å². The van der Waals surface area contributed by atoms with Crippen molar-refractivity contribution < 1.29 is 0 Å². The van der Waals surface area contributed by atoms with Gasteiger partial charge in [0.25, 0.3) is 0 Å². The number of fused-ring (bicyclic) bond motifs is 6. The van der Waals surface area contributed by atoms with Gasteiger partial charge in [-0.15, -0.1) is 0 Å². The van der Waals surface area contributed by atoms with Gasteiger partial charge in [-0.2, -0.15) is 0 Å². The van der Waals surface area contributed by atoms with E-state index in [1.165, 1.54) is 38.0 Å². The molecule has 31 heavy (non-hydrogen) atoms. The van der Waals surface area contributed by atoms with Gasteiger partial charge in [0.15, 0.2) is 0 Å². The van der Waals surface area contributed by atoms with Gasteiger partial charge in [-0.25, -0.2) is 9.97 Å². The summed E-state index contributed by atoms with van der Waals surface area (Å²) in [5.74, 6) is 0.426. The van der Waals surface area contributed by atoms with Crippen LogP contribution in [0.3, 0.4) is 0 Å². The molecular formula is C28H23N3. The number of hydrogen-bond donors (Lipinski definition) is 0. The Hall–Kier alpha value is -3.72. The van der Waals surface area contributed by atoms with Crippen LogP contribution < -0.4 is 0 Å². The highest BCUT2D eigenvalue weighted by Gasteiger charge is 2.19. The van der Waals surface area contributed by atoms with Gasteiger partial charge in [0.1, 0.15) is 12.0 Å². The van der Waals surface area contributed by atoms with Crippen LogP contribution in [-0.4, -0.2) is 14.5 Å². The maximum atomic E-state index is 4.83. The number of nitrogens with zero attached hydrogens (tertiary/aromatic N) is 3. The summed E-state index contributed by atoms with van der Waals surface area (Å²) in [6, 6.07) is 26.2. The minimum absolute atomic E-state index is 0.426. The van der Waals surface area contributed by atoms with E-state index in [0.717, 1.165) is 22.3 Å². The first-order valence-corrected chi connectivity index (χ1v) is 10.8. The first-order chi connectivity index (χ1) is 15.1. The zero-order chi connectivity index (χ0) is 21.1. The number of rotatable bonds is 2. The first-order valence-electron chi connectivity index (χ1n) is 10.8. The maximum absolute atomic E-state index is 4.83. The van der Waals surface area contributed by atoms with Gasteiger partial charge >= 0.3 is 0 Å². The van der Waals surface area contributed by atoms with E-state index in [4.69, 9.17) is 4.98 Å². The molecule has 0 atom stereocenters. The Morgan fingerprint density at radius 2 is 1.48 bits per heavy atom. The quantitative estimate of drug-likeness (QED) is 0.307. The van der Waals surface area contributed by atoms with Crippen molar-refractivity contribution in [1.82, 2.24) is 14.5 Å². The molecule has 0 aliphatic rings. The van der Waals surface area contributed by atoms with Crippen LogP contribution in [0.1, 0.15) is 25.3 Å². The van der Waals surface area contributed by atoms with Crippen molar-refractivity contribution in [3.63, 3.8) is 0 Å². The molecule has 0 aliphatic carbocycles. The summed E-state index contributed by atoms with van der Waals surface area (Å²) in [5, 5.41) is 7.40. The third kappa shape index (κ3) is 2.59. The van der Waals surface area contributed by atoms with Gasteiger partial charge in [0.2, 0.25) is 0 Å². The number of benzene rings is 4. The molecule has 0 unspecified atom stereocenters. The Bertz CT molecular complexity index is 1620. The lowest BCUT2D eigenvalue weighted by Gasteiger charge is -2.13. The van der Waals surface area contributed by atoms with Gasteiger partial charge in [-0.1, -0.05) is 68.4 Å². The van der Waals surface area contributed by atoms with E-state index < -0.39 is 0 Å². The summed E-state index contributed by atoms with van der Waals surface area (Å²) in [4.78, 5) is 9.51. The van der Waals surface area contributed by atoms with Gasteiger partial charge in [0.05, 0.1) is 16.6 Å². The monoisotopic (exact) mass is 401 g/mol. The molecular weight excluding hydrogens is 378 g/mol. The standard InChI is InChI=1S/C28H23N3/c1-17(2)23-15-20(14-19-9-5-6-10-21(19)23)27-26-25-22-11-7-4-8-18(22)12-13-24(25)31(3)28(26)30-16-29-27/h4-17H,1-3H3. The van der Waals surface area contributed by atoms with Crippen LogP contribution in [0.15, 0.2) is 79.1 Å². The van der Waals surface area contributed by atoms with Crippen molar-refractivity contribution in [1.29, 1.82) is 0 Å². The fourth-order valence-corrected chi connectivity index (χ4v) is 4.95. The molecule has 4 aromatic carbocycles. The largest absolute Gasteiger partial charge is 0.328 e. The first kappa shape index (κ1) is 18.1. The van der Waals surface area contributed by atoms with Crippen molar-refractivity contribution in [2.24, 2.45) is 7.05 Å². The molecule has 2 aromatic heterocycles. The average Bonchev–Trinajstić information content (AvgIpc) is 3.11. The van der Waals surface area contributed by atoms with Crippen LogP contribution in [0.2, 0.25) is 0 Å². The molecule has 6 rings (SSSR count). The molecule has 6 aromatic rings. The van der Waals surface area contributed by atoms with Crippen molar-refractivity contribution in [3.8, 4) is 11.3 Å². The molecule has 150 valence electrons. The highest BCUT2D eigenvalue weighted by atomic mass is 15.0. The molecule has 0 radical (unpaired) electrons. The molecule has 2 heterocycles. The Balaban J connectivity index is 1.79.